The Kier molecular flexibility index (Phi) is 13.2. The second-order valence-electron chi connectivity index (χ2n) is 11.1. The quantitative estimate of drug-likeness (QED) is 0.196. The van der Waals surface area contributed by atoms with Crippen molar-refractivity contribution in [2.45, 2.75) is 124 Å². The Labute approximate surface area is 207 Å². The molecule has 1 aliphatic heterocycles. The standard InChI is InChI=1S/C28H49NO5/c1-8-10-12-13-22(30)17-23(20(5)6)27(33)29-24(14-11-9-2)25(31)16-21(15-19(3)4)26(32)28(7)18-34-28/h19-21,23-24H,8-18H2,1-7H3,(H,29,33)/t21-,23+,24+,28-/m1/s1. The Morgan fingerprint density at radius 3 is 2.06 bits per heavy atom. The van der Waals surface area contributed by atoms with Gasteiger partial charge in [-0.05, 0) is 38.0 Å². The number of carbonyl (C=O) groups is 4. The predicted molar refractivity (Wildman–Crippen MR) is 135 cm³/mol. The van der Waals surface area contributed by atoms with E-state index in [0.717, 1.165) is 32.1 Å². The SMILES string of the molecule is CCCCCC(=O)C[C@H](C(=O)N[C@@H](CCCC)C(=O)C[C@@H](CC(C)C)C(=O)[C@@]1(C)CO1)C(C)C. The number of ether oxygens (including phenoxy) is 1. The summed E-state index contributed by atoms with van der Waals surface area (Å²) >= 11 is 0. The largest absolute Gasteiger partial charge is 0.362 e. The molecule has 1 aliphatic rings. The highest BCUT2D eigenvalue weighted by Gasteiger charge is 2.50. The van der Waals surface area contributed by atoms with E-state index in [1.165, 1.54) is 0 Å². The summed E-state index contributed by atoms with van der Waals surface area (Å²) in [6.45, 7) is 14.3. The van der Waals surface area contributed by atoms with Gasteiger partial charge < -0.3 is 10.1 Å². The Morgan fingerprint density at radius 1 is 0.941 bits per heavy atom. The fourth-order valence-electron chi connectivity index (χ4n) is 4.47. The molecule has 6 nitrogen and oxygen atoms in total. The zero-order chi connectivity index (χ0) is 25.9. The highest BCUT2D eigenvalue weighted by molar-refractivity contribution is 5.97. The van der Waals surface area contributed by atoms with Crippen molar-refractivity contribution in [3.63, 3.8) is 0 Å². The van der Waals surface area contributed by atoms with Crippen molar-refractivity contribution in [2.75, 3.05) is 6.61 Å². The topological polar surface area (TPSA) is 92.8 Å². The normalized spacial score (nSPS) is 20.1. The third kappa shape index (κ3) is 10.4. The van der Waals surface area contributed by atoms with Crippen molar-refractivity contribution in [1.29, 1.82) is 0 Å². The number of rotatable bonds is 19. The summed E-state index contributed by atoms with van der Waals surface area (Å²) < 4.78 is 5.36. The molecular formula is C28H49NO5. The van der Waals surface area contributed by atoms with Crippen LogP contribution in [0.3, 0.4) is 0 Å². The fraction of sp³-hybridized carbons (Fsp3) is 0.857. The van der Waals surface area contributed by atoms with Gasteiger partial charge in [0.25, 0.3) is 0 Å². The van der Waals surface area contributed by atoms with Gasteiger partial charge in [-0.25, -0.2) is 0 Å². The van der Waals surface area contributed by atoms with Crippen LogP contribution in [0.1, 0.15) is 113 Å². The summed E-state index contributed by atoms with van der Waals surface area (Å²) in [5, 5.41) is 2.97. The second kappa shape index (κ2) is 14.8. The molecule has 0 aromatic rings. The smallest absolute Gasteiger partial charge is 0.224 e. The lowest BCUT2D eigenvalue weighted by Crippen LogP contribution is -2.46. The first-order valence-electron chi connectivity index (χ1n) is 13.5. The maximum Gasteiger partial charge on any atom is 0.224 e. The van der Waals surface area contributed by atoms with Gasteiger partial charge in [-0.1, -0.05) is 67.2 Å². The first-order chi connectivity index (χ1) is 15.9. The molecule has 0 spiro atoms. The highest BCUT2D eigenvalue weighted by Crippen LogP contribution is 2.34. The third-order valence-electron chi connectivity index (χ3n) is 6.87. The predicted octanol–water partition coefficient (Wildman–Crippen LogP) is 5.45. The average molecular weight is 480 g/mol. The van der Waals surface area contributed by atoms with Crippen LogP contribution in [-0.2, 0) is 23.9 Å². The van der Waals surface area contributed by atoms with Gasteiger partial charge in [0, 0.05) is 31.1 Å². The molecule has 1 N–H and O–H groups in total. The molecular weight excluding hydrogens is 430 g/mol. The van der Waals surface area contributed by atoms with E-state index in [4.69, 9.17) is 4.74 Å². The van der Waals surface area contributed by atoms with E-state index in [0.29, 0.717) is 25.9 Å². The van der Waals surface area contributed by atoms with Crippen molar-refractivity contribution >= 4 is 23.3 Å². The van der Waals surface area contributed by atoms with Gasteiger partial charge >= 0.3 is 0 Å². The lowest BCUT2D eigenvalue weighted by molar-refractivity contribution is -0.135. The number of epoxide rings is 1. The van der Waals surface area contributed by atoms with Gasteiger partial charge in [-0.3, -0.25) is 19.2 Å². The number of ketones is 3. The minimum Gasteiger partial charge on any atom is -0.362 e. The van der Waals surface area contributed by atoms with Gasteiger partial charge in [0.05, 0.1) is 12.6 Å². The van der Waals surface area contributed by atoms with E-state index >= 15 is 0 Å². The van der Waals surface area contributed by atoms with Crippen LogP contribution in [-0.4, -0.2) is 41.5 Å². The molecule has 6 heteroatoms. The maximum absolute atomic E-state index is 13.3. The van der Waals surface area contributed by atoms with E-state index in [2.05, 4.69) is 12.2 Å². The van der Waals surface area contributed by atoms with Crippen LogP contribution in [0.4, 0.5) is 0 Å². The zero-order valence-electron chi connectivity index (χ0n) is 22.7. The summed E-state index contributed by atoms with van der Waals surface area (Å²) in [6.07, 6.45) is 6.64. The summed E-state index contributed by atoms with van der Waals surface area (Å²) in [4.78, 5) is 52.0. The van der Waals surface area contributed by atoms with E-state index in [-0.39, 0.29) is 47.9 Å². The number of unbranched alkanes of at least 4 members (excludes halogenated alkanes) is 3. The minimum absolute atomic E-state index is 0.000662. The Bertz CT molecular complexity index is 680. The fourth-order valence-corrected chi connectivity index (χ4v) is 4.47. The lowest BCUT2D eigenvalue weighted by Gasteiger charge is -2.26. The molecule has 1 saturated heterocycles. The number of carbonyl (C=O) groups excluding carboxylic acids is 4. The first-order valence-corrected chi connectivity index (χ1v) is 13.5. The number of amides is 1. The van der Waals surface area contributed by atoms with Crippen LogP contribution >= 0.6 is 0 Å². The molecule has 0 saturated carbocycles. The van der Waals surface area contributed by atoms with Crippen LogP contribution < -0.4 is 5.32 Å². The van der Waals surface area contributed by atoms with Crippen molar-refractivity contribution in [1.82, 2.24) is 5.32 Å². The van der Waals surface area contributed by atoms with Crippen molar-refractivity contribution in [3.05, 3.63) is 0 Å². The maximum atomic E-state index is 13.3. The van der Waals surface area contributed by atoms with Crippen molar-refractivity contribution in [2.24, 2.45) is 23.7 Å². The van der Waals surface area contributed by atoms with Gasteiger partial charge in [0.1, 0.15) is 11.4 Å². The van der Waals surface area contributed by atoms with Crippen LogP contribution in [0.15, 0.2) is 0 Å². The highest BCUT2D eigenvalue weighted by atomic mass is 16.6. The first kappa shape index (κ1) is 30.5. The molecule has 1 heterocycles. The summed E-state index contributed by atoms with van der Waals surface area (Å²) in [5.41, 5.74) is -0.761. The molecule has 0 radical (unpaired) electrons. The summed E-state index contributed by atoms with van der Waals surface area (Å²) in [5.74, 6) is -0.790. The molecule has 0 aliphatic carbocycles. The van der Waals surface area contributed by atoms with Crippen LogP contribution in [0, 0.1) is 23.7 Å². The Morgan fingerprint density at radius 2 is 1.56 bits per heavy atom. The number of Topliss-reactive ketones (excluding diaryl/α,β-unsaturated/α-hetero) is 3. The van der Waals surface area contributed by atoms with Crippen LogP contribution in [0.5, 0.6) is 0 Å². The molecule has 0 aromatic heterocycles. The molecule has 34 heavy (non-hydrogen) atoms. The Balaban J connectivity index is 2.89. The van der Waals surface area contributed by atoms with Crippen LogP contribution in [0.2, 0.25) is 0 Å². The van der Waals surface area contributed by atoms with Gasteiger partial charge in [0.2, 0.25) is 5.91 Å². The van der Waals surface area contributed by atoms with Crippen molar-refractivity contribution < 1.29 is 23.9 Å². The number of nitrogens with one attached hydrogen (secondary N) is 1. The molecule has 0 bridgehead atoms. The Hall–Kier alpha value is -1.56. The van der Waals surface area contributed by atoms with Gasteiger partial charge in [0.15, 0.2) is 11.6 Å². The van der Waals surface area contributed by atoms with Gasteiger partial charge in [-0.15, -0.1) is 0 Å². The molecule has 1 rings (SSSR count). The molecule has 1 fully saturated rings. The number of hydrogen-bond donors (Lipinski definition) is 1. The molecule has 0 aromatic carbocycles. The molecule has 1 amide bonds. The van der Waals surface area contributed by atoms with E-state index in [1.54, 1.807) is 6.92 Å². The number of hydrogen-bond acceptors (Lipinski definition) is 5. The average Bonchev–Trinajstić information content (AvgIpc) is 3.51. The molecule has 4 atom stereocenters. The van der Waals surface area contributed by atoms with Crippen LogP contribution in [0.25, 0.3) is 0 Å². The molecule has 0 unspecified atom stereocenters. The summed E-state index contributed by atoms with van der Waals surface area (Å²) in [7, 11) is 0. The lowest BCUT2D eigenvalue weighted by atomic mass is 9.82. The monoisotopic (exact) mass is 479 g/mol. The van der Waals surface area contributed by atoms with E-state index < -0.39 is 23.5 Å². The molecule has 196 valence electrons. The van der Waals surface area contributed by atoms with E-state index in [1.807, 2.05) is 34.6 Å². The third-order valence-corrected chi connectivity index (χ3v) is 6.87. The van der Waals surface area contributed by atoms with E-state index in [9.17, 15) is 19.2 Å². The van der Waals surface area contributed by atoms with Crippen molar-refractivity contribution in [3.8, 4) is 0 Å². The summed E-state index contributed by atoms with van der Waals surface area (Å²) in [6, 6.07) is -0.626. The minimum atomic E-state index is -0.761. The van der Waals surface area contributed by atoms with Gasteiger partial charge in [-0.2, -0.15) is 0 Å². The second-order valence-corrected chi connectivity index (χ2v) is 11.1. The zero-order valence-corrected chi connectivity index (χ0v) is 22.7.